The number of aliphatic hydroxyl groups excluding tert-OH is 1. The largest absolute Gasteiger partial charge is 0.378 e. The zero-order chi connectivity index (χ0) is 10.8. The van der Waals surface area contributed by atoms with Crippen molar-refractivity contribution < 1.29 is 14.3 Å². The first-order valence-corrected chi connectivity index (χ1v) is 4.91. The molecule has 1 aromatic carbocycles. The van der Waals surface area contributed by atoms with Gasteiger partial charge in [0.05, 0.1) is 0 Å². The molecule has 80 valence electrons. The Morgan fingerprint density at radius 2 is 2.00 bits per heavy atom. The van der Waals surface area contributed by atoms with E-state index in [1.807, 2.05) is 0 Å². The molecule has 1 unspecified atom stereocenters. The van der Waals surface area contributed by atoms with Gasteiger partial charge in [0, 0.05) is 6.04 Å². The van der Waals surface area contributed by atoms with E-state index in [4.69, 9.17) is 0 Å². The van der Waals surface area contributed by atoms with Crippen LogP contribution in [0.2, 0.25) is 0 Å². The SMILES string of the molecule is O=C(NC1CC1)C(O)c1ccc(F)cc1. The number of carbonyl (C=O) groups is 1. The van der Waals surface area contributed by atoms with Crippen LogP contribution in [0.4, 0.5) is 4.39 Å². The van der Waals surface area contributed by atoms with Crippen molar-refractivity contribution in [2.75, 3.05) is 0 Å². The molecule has 1 atom stereocenters. The topological polar surface area (TPSA) is 49.3 Å². The van der Waals surface area contributed by atoms with Crippen molar-refractivity contribution in [2.45, 2.75) is 25.0 Å². The maximum atomic E-state index is 12.6. The summed E-state index contributed by atoms with van der Waals surface area (Å²) in [5.74, 6) is -0.794. The summed E-state index contributed by atoms with van der Waals surface area (Å²) in [6, 6.07) is 5.48. The second-order valence-electron chi connectivity index (χ2n) is 3.74. The summed E-state index contributed by atoms with van der Waals surface area (Å²) in [5, 5.41) is 12.3. The number of halogens is 1. The molecule has 0 heterocycles. The van der Waals surface area contributed by atoms with Crippen LogP contribution in [0, 0.1) is 5.82 Å². The van der Waals surface area contributed by atoms with Crippen LogP contribution < -0.4 is 5.32 Å². The second-order valence-corrected chi connectivity index (χ2v) is 3.74. The molecule has 2 N–H and O–H groups in total. The molecule has 1 amide bonds. The van der Waals surface area contributed by atoms with Gasteiger partial charge in [-0.05, 0) is 30.5 Å². The van der Waals surface area contributed by atoms with E-state index >= 15 is 0 Å². The Hall–Kier alpha value is -1.42. The van der Waals surface area contributed by atoms with Gasteiger partial charge in [0.1, 0.15) is 5.82 Å². The lowest BCUT2D eigenvalue weighted by Crippen LogP contribution is -2.30. The number of benzene rings is 1. The third-order valence-corrected chi connectivity index (χ3v) is 2.36. The van der Waals surface area contributed by atoms with E-state index in [0.29, 0.717) is 5.56 Å². The van der Waals surface area contributed by atoms with Crippen molar-refractivity contribution in [3.05, 3.63) is 35.6 Å². The highest BCUT2D eigenvalue weighted by Gasteiger charge is 2.27. The third kappa shape index (κ3) is 2.53. The Bertz CT molecular complexity index is 359. The average molecular weight is 209 g/mol. The van der Waals surface area contributed by atoms with Gasteiger partial charge in [-0.1, -0.05) is 12.1 Å². The Labute approximate surface area is 86.9 Å². The molecule has 15 heavy (non-hydrogen) atoms. The maximum Gasteiger partial charge on any atom is 0.253 e. The Morgan fingerprint density at radius 3 is 2.53 bits per heavy atom. The van der Waals surface area contributed by atoms with Gasteiger partial charge in [-0.15, -0.1) is 0 Å². The van der Waals surface area contributed by atoms with Gasteiger partial charge in [-0.2, -0.15) is 0 Å². The zero-order valence-electron chi connectivity index (χ0n) is 8.11. The van der Waals surface area contributed by atoms with Gasteiger partial charge in [0.15, 0.2) is 6.10 Å². The van der Waals surface area contributed by atoms with E-state index in [-0.39, 0.29) is 11.9 Å². The van der Waals surface area contributed by atoms with Crippen LogP contribution >= 0.6 is 0 Å². The monoisotopic (exact) mass is 209 g/mol. The Morgan fingerprint density at radius 1 is 1.40 bits per heavy atom. The summed E-state index contributed by atoms with van der Waals surface area (Å²) in [6.07, 6.45) is 0.746. The molecule has 0 spiro atoms. The molecule has 0 bridgehead atoms. The molecule has 1 aliphatic rings. The van der Waals surface area contributed by atoms with E-state index in [1.54, 1.807) is 0 Å². The van der Waals surface area contributed by atoms with Gasteiger partial charge in [-0.3, -0.25) is 4.79 Å². The van der Waals surface area contributed by atoms with E-state index in [0.717, 1.165) is 12.8 Å². The van der Waals surface area contributed by atoms with Crippen molar-refractivity contribution >= 4 is 5.91 Å². The summed E-state index contributed by atoms with van der Waals surface area (Å²) in [5.41, 5.74) is 0.412. The highest BCUT2D eigenvalue weighted by molar-refractivity contribution is 5.82. The second kappa shape index (κ2) is 3.98. The summed E-state index contributed by atoms with van der Waals surface area (Å²) in [6.45, 7) is 0. The molecule has 0 radical (unpaired) electrons. The normalized spacial score (nSPS) is 17.2. The molecule has 4 heteroatoms. The number of carbonyl (C=O) groups excluding carboxylic acids is 1. The summed E-state index contributed by atoms with van der Waals surface area (Å²) < 4.78 is 12.6. The van der Waals surface area contributed by atoms with Crippen LogP contribution in [-0.2, 0) is 4.79 Å². The van der Waals surface area contributed by atoms with Crippen molar-refractivity contribution in [2.24, 2.45) is 0 Å². The van der Waals surface area contributed by atoms with E-state index < -0.39 is 12.0 Å². The average Bonchev–Trinajstić information content (AvgIpc) is 3.02. The fourth-order valence-electron chi connectivity index (χ4n) is 1.30. The number of amides is 1. The standard InChI is InChI=1S/C11H12FNO2/c12-8-3-1-7(2-4-8)10(14)11(15)13-9-5-6-9/h1-4,9-10,14H,5-6H2,(H,13,15). The minimum Gasteiger partial charge on any atom is -0.378 e. The van der Waals surface area contributed by atoms with E-state index in [2.05, 4.69) is 5.32 Å². The summed E-state index contributed by atoms with van der Waals surface area (Å²) in [4.78, 5) is 11.4. The van der Waals surface area contributed by atoms with Gasteiger partial charge < -0.3 is 10.4 Å². The van der Waals surface area contributed by atoms with Crippen LogP contribution in [0.5, 0.6) is 0 Å². The lowest BCUT2D eigenvalue weighted by atomic mass is 10.1. The number of hydrogen-bond acceptors (Lipinski definition) is 2. The van der Waals surface area contributed by atoms with E-state index in [9.17, 15) is 14.3 Å². The minimum absolute atomic E-state index is 0.215. The molecule has 1 saturated carbocycles. The van der Waals surface area contributed by atoms with Gasteiger partial charge in [-0.25, -0.2) is 4.39 Å². The Kier molecular flexibility index (Phi) is 2.68. The highest BCUT2D eigenvalue weighted by atomic mass is 19.1. The van der Waals surface area contributed by atoms with Crippen LogP contribution in [-0.4, -0.2) is 17.1 Å². The van der Waals surface area contributed by atoms with Crippen LogP contribution in [0.1, 0.15) is 24.5 Å². The first-order valence-electron chi connectivity index (χ1n) is 4.91. The molecule has 0 aromatic heterocycles. The minimum atomic E-state index is -1.20. The smallest absolute Gasteiger partial charge is 0.253 e. The molecule has 1 fully saturated rings. The summed E-state index contributed by atoms with van der Waals surface area (Å²) in [7, 11) is 0. The predicted molar refractivity (Wildman–Crippen MR) is 52.5 cm³/mol. The quantitative estimate of drug-likeness (QED) is 0.784. The summed E-state index contributed by atoms with van der Waals surface area (Å²) >= 11 is 0. The molecule has 2 rings (SSSR count). The molecule has 1 aromatic rings. The first-order chi connectivity index (χ1) is 7.16. The molecule has 0 aliphatic heterocycles. The first kappa shape index (κ1) is 10.1. The van der Waals surface area contributed by atoms with Crippen LogP contribution in [0.25, 0.3) is 0 Å². The predicted octanol–water partition coefficient (Wildman–Crippen LogP) is 1.14. The lowest BCUT2D eigenvalue weighted by Gasteiger charge is -2.10. The van der Waals surface area contributed by atoms with Crippen molar-refractivity contribution in [1.82, 2.24) is 5.32 Å². The Balaban J connectivity index is 2.02. The fraction of sp³-hybridized carbons (Fsp3) is 0.364. The third-order valence-electron chi connectivity index (χ3n) is 2.36. The fourth-order valence-corrected chi connectivity index (χ4v) is 1.30. The van der Waals surface area contributed by atoms with Gasteiger partial charge in [0.2, 0.25) is 0 Å². The van der Waals surface area contributed by atoms with Crippen molar-refractivity contribution in [1.29, 1.82) is 0 Å². The van der Waals surface area contributed by atoms with Crippen molar-refractivity contribution in [3.8, 4) is 0 Å². The number of aliphatic hydroxyl groups is 1. The number of rotatable bonds is 3. The number of nitrogens with one attached hydrogen (secondary N) is 1. The van der Waals surface area contributed by atoms with Gasteiger partial charge >= 0.3 is 0 Å². The molecule has 0 saturated heterocycles. The molecular formula is C11H12FNO2. The van der Waals surface area contributed by atoms with E-state index in [1.165, 1.54) is 24.3 Å². The zero-order valence-corrected chi connectivity index (χ0v) is 8.11. The molecule has 3 nitrogen and oxygen atoms in total. The maximum absolute atomic E-state index is 12.6. The lowest BCUT2D eigenvalue weighted by molar-refractivity contribution is -0.129. The molecule has 1 aliphatic carbocycles. The van der Waals surface area contributed by atoms with Crippen LogP contribution in [0.15, 0.2) is 24.3 Å². The van der Waals surface area contributed by atoms with Crippen LogP contribution in [0.3, 0.4) is 0 Å². The van der Waals surface area contributed by atoms with Crippen molar-refractivity contribution in [3.63, 3.8) is 0 Å². The highest BCUT2D eigenvalue weighted by Crippen LogP contribution is 2.21. The number of hydrogen-bond donors (Lipinski definition) is 2. The van der Waals surface area contributed by atoms with Gasteiger partial charge in [0.25, 0.3) is 5.91 Å². The molecular weight excluding hydrogens is 197 g/mol.